The molecule has 1 aliphatic heterocycles. The lowest BCUT2D eigenvalue weighted by Crippen LogP contribution is -2.67. The molecule has 0 N–H and O–H groups in total. The van der Waals surface area contributed by atoms with Crippen LogP contribution in [-0.2, 0) is 48.1 Å². The number of methoxy groups -OCH3 is 1. The predicted molar refractivity (Wildman–Crippen MR) is 361 cm³/mol. The molecule has 14 heteroatoms. The molecule has 0 aromatic heterocycles. The van der Waals surface area contributed by atoms with Crippen LogP contribution in [0.5, 0.6) is 5.75 Å². The second-order valence-electron chi connectivity index (χ2n) is 29.6. The van der Waals surface area contributed by atoms with E-state index in [1.807, 2.05) is 48.5 Å². The van der Waals surface area contributed by atoms with Crippen LogP contribution < -0.4 is 15.1 Å². The van der Waals surface area contributed by atoms with E-state index in [1.165, 1.54) is 10.4 Å². The molecule has 4 aromatic carbocycles. The largest absolute Gasteiger partial charge is 0.497 e. The van der Waals surface area contributed by atoms with Crippen LogP contribution in [0.1, 0.15) is 159 Å². The van der Waals surface area contributed by atoms with Crippen molar-refractivity contribution in [3.63, 3.8) is 0 Å². The van der Waals surface area contributed by atoms with Crippen molar-refractivity contribution in [1.29, 1.82) is 0 Å². The minimum absolute atomic E-state index is 0.0217. The Balaban J connectivity index is 1.41. The van der Waals surface area contributed by atoms with E-state index in [4.69, 9.17) is 36.7 Å². The molecule has 472 valence electrons. The SMILES string of the molecule is C=C[C@@H]([C@@H]1C[C@H](COCc2ccccc2)O[C@H](c2ccc(OC)cc2)O1)[C@H](CC(=O)C[C@H](CCCC(=O)C[C@@H](O[Si](C)(C)C(C)(C)C)[C@H](CC)CO[Si](c1ccccc1)(c1ccccc1)C(C)(C)C)O[Si](C)(C)C(C)(C)C)O[Si](C)(C)C(C)(C)C. The molecule has 0 spiro atoms. The van der Waals surface area contributed by atoms with E-state index >= 15 is 4.79 Å². The van der Waals surface area contributed by atoms with Crippen molar-refractivity contribution in [2.24, 2.45) is 11.8 Å². The van der Waals surface area contributed by atoms with Crippen LogP contribution in [0.2, 0.25) is 59.4 Å². The fourth-order valence-corrected chi connectivity index (χ4v) is 19.5. The third-order valence-corrected chi connectivity index (χ3v) is 37.6. The molecule has 1 aliphatic rings. The Morgan fingerprint density at radius 2 is 1.12 bits per heavy atom. The molecule has 10 nitrogen and oxygen atoms in total. The highest BCUT2D eigenvalue weighted by Crippen LogP contribution is 2.44. The number of carbonyl (C=O) groups excluding carboxylic acids is 2. The molecule has 1 saturated heterocycles. The first-order chi connectivity index (χ1) is 39.6. The van der Waals surface area contributed by atoms with E-state index in [1.54, 1.807) is 7.11 Å². The molecule has 0 unspecified atom stereocenters. The zero-order valence-electron chi connectivity index (χ0n) is 56.2. The molecule has 1 fully saturated rings. The molecule has 0 aliphatic carbocycles. The first-order valence-corrected chi connectivity index (χ1v) is 42.2. The van der Waals surface area contributed by atoms with Crippen LogP contribution >= 0.6 is 0 Å². The van der Waals surface area contributed by atoms with Crippen molar-refractivity contribution in [1.82, 2.24) is 0 Å². The van der Waals surface area contributed by atoms with Gasteiger partial charge in [0.15, 0.2) is 31.2 Å². The molecule has 1 heterocycles. The fourth-order valence-electron chi connectivity index (χ4n) is 10.8. The van der Waals surface area contributed by atoms with Gasteiger partial charge in [0.25, 0.3) is 8.32 Å². The number of Topliss-reactive ketones (excluding diaryl/α,β-unsaturated/α-hetero) is 2. The van der Waals surface area contributed by atoms with Crippen LogP contribution in [-0.4, -0.2) is 95.7 Å². The van der Waals surface area contributed by atoms with Gasteiger partial charge in [-0.25, -0.2) is 0 Å². The molecule has 0 saturated carbocycles. The summed E-state index contributed by atoms with van der Waals surface area (Å²) in [7, 11) is -8.46. The average molecular weight is 1240 g/mol. The van der Waals surface area contributed by atoms with Gasteiger partial charge < -0.3 is 36.7 Å². The topological polar surface area (TPSA) is 108 Å². The molecule has 5 rings (SSSR count). The van der Waals surface area contributed by atoms with Crippen LogP contribution in [0.3, 0.4) is 0 Å². The number of ketones is 2. The van der Waals surface area contributed by atoms with Crippen molar-refractivity contribution in [3.8, 4) is 5.75 Å². The first kappa shape index (κ1) is 72.1. The Hall–Kier alpha value is -3.65. The van der Waals surface area contributed by atoms with Gasteiger partial charge >= 0.3 is 0 Å². The lowest BCUT2D eigenvalue weighted by molar-refractivity contribution is -0.267. The Kier molecular flexibility index (Phi) is 26.0. The van der Waals surface area contributed by atoms with E-state index in [0.717, 1.165) is 23.3 Å². The van der Waals surface area contributed by atoms with Gasteiger partial charge in [-0.3, -0.25) is 9.59 Å². The summed E-state index contributed by atoms with van der Waals surface area (Å²) >= 11 is 0. The number of hydrogen-bond donors (Lipinski definition) is 0. The van der Waals surface area contributed by atoms with E-state index in [9.17, 15) is 4.79 Å². The summed E-state index contributed by atoms with van der Waals surface area (Å²) in [5, 5.41) is 1.96. The van der Waals surface area contributed by atoms with Gasteiger partial charge in [-0.15, -0.1) is 6.58 Å². The van der Waals surface area contributed by atoms with Gasteiger partial charge in [-0.1, -0.05) is 199 Å². The standard InChI is InChI=1S/C71H112O10Si4/c1-22-54(51-76-85(71(12,13)14,61-38-29-25-30-39-61)62-40-31-26-32-41-62)64(80-83(18,19)69(6,7)8)47-56(72)36-33-37-59(79-82(16,17)68(3,4)5)46-57(73)48-66(81-84(20,21)70(9,10)11)63(23-2)65-49-60(52-75-50-53-34-27-24-28-35-53)77-67(78-65)55-42-44-58(74-15)45-43-55/h23-32,34-35,38-45,54,59-60,63-67H,2,22,33,36-37,46-52H2,1,3-21H3/t54-,59+,60-,63+,64-,65+,66+,67+/m1/s1. The molecular weight excluding hydrogens is 1130 g/mol. The maximum absolute atomic E-state index is 15.1. The number of benzene rings is 4. The number of ether oxygens (including phenoxy) is 4. The van der Waals surface area contributed by atoms with Crippen molar-refractivity contribution < 1.29 is 46.2 Å². The molecule has 0 bridgehead atoms. The summed E-state index contributed by atoms with van der Waals surface area (Å²) in [5.41, 5.74) is 1.94. The summed E-state index contributed by atoms with van der Waals surface area (Å²) < 4.78 is 55.0. The Bertz CT molecular complexity index is 2610. The molecule has 0 radical (unpaired) electrons. The van der Waals surface area contributed by atoms with Gasteiger partial charge in [0.1, 0.15) is 17.3 Å². The Morgan fingerprint density at radius 3 is 1.60 bits per heavy atom. The minimum atomic E-state index is -2.87. The van der Waals surface area contributed by atoms with Crippen LogP contribution in [0, 0.1) is 11.8 Å². The zero-order chi connectivity index (χ0) is 63.2. The second kappa shape index (κ2) is 30.7. The lowest BCUT2D eigenvalue weighted by atomic mass is 9.87. The average Bonchev–Trinajstić information content (AvgIpc) is 1.13. The van der Waals surface area contributed by atoms with E-state index in [0.29, 0.717) is 51.9 Å². The van der Waals surface area contributed by atoms with Crippen LogP contribution in [0.15, 0.2) is 128 Å². The molecule has 85 heavy (non-hydrogen) atoms. The zero-order valence-corrected chi connectivity index (χ0v) is 60.2. The van der Waals surface area contributed by atoms with Gasteiger partial charge in [-0.2, -0.15) is 0 Å². The highest BCUT2D eigenvalue weighted by molar-refractivity contribution is 6.99. The minimum Gasteiger partial charge on any atom is -0.497 e. The second-order valence-corrected chi connectivity index (χ2v) is 48.2. The van der Waals surface area contributed by atoms with E-state index < -0.39 is 51.8 Å². The summed E-state index contributed by atoms with van der Waals surface area (Å²) in [4.78, 5) is 29.8. The van der Waals surface area contributed by atoms with Gasteiger partial charge in [0.05, 0.1) is 50.8 Å². The van der Waals surface area contributed by atoms with Gasteiger partial charge in [-0.05, 0) is 107 Å². The maximum atomic E-state index is 15.1. The molecule has 0 amide bonds. The van der Waals surface area contributed by atoms with Crippen molar-refractivity contribution in [2.75, 3.05) is 20.3 Å². The number of rotatable bonds is 32. The summed E-state index contributed by atoms with van der Waals surface area (Å²) in [6.45, 7) is 48.5. The molecular formula is C71H112O10Si4. The summed E-state index contributed by atoms with van der Waals surface area (Å²) in [6, 6.07) is 39.5. The third kappa shape index (κ3) is 19.9. The van der Waals surface area contributed by atoms with E-state index in [2.05, 4.69) is 209 Å². The Labute approximate surface area is 519 Å². The molecule has 4 aromatic rings. The van der Waals surface area contributed by atoms with Crippen molar-refractivity contribution >= 4 is 55.2 Å². The smallest absolute Gasteiger partial charge is 0.261 e. The predicted octanol–water partition coefficient (Wildman–Crippen LogP) is 17.1. The highest BCUT2D eigenvalue weighted by atomic mass is 28.4. The van der Waals surface area contributed by atoms with Crippen molar-refractivity contribution in [2.45, 2.75) is 244 Å². The maximum Gasteiger partial charge on any atom is 0.261 e. The van der Waals surface area contributed by atoms with Gasteiger partial charge in [0, 0.05) is 56.1 Å². The van der Waals surface area contributed by atoms with Crippen LogP contribution in [0.25, 0.3) is 0 Å². The first-order valence-electron chi connectivity index (χ1n) is 31.6. The Morgan fingerprint density at radius 1 is 0.624 bits per heavy atom. The fraction of sp³-hybridized carbons (Fsp3) is 0.606. The summed E-state index contributed by atoms with van der Waals surface area (Å²) in [6.07, 6.45) is 2.76. The number of hydrogen-bond acceptors (Lipinski definition) is 10. The summed E-state index contributed by atoms with van der Waals surface area (Å²) in [5.74, 6) is 0.573. The van der Waals surface area contributed by atoms with E-state index in [-0.39, 0.29) is 74.7 Å². The van der Waals surface area contributed by atoms with Crippen LogP contribution in [0.4, 0.5) is 0 Å². The van der Waals surface area contributed by atoms with Crippen molar-refractivity contribution in [3.05, 3.63) is 139 Å². The van der Waals surface area contributed by atoms with Gasteiger partial charge in [0.2, 0.25) is 0 Å². The lowest BCUT2D eigenvalue weighted by Gasteiger charge is -2.45. The number of carbonyl (C=O) groups is 2. The highest BCUT2D eigenvalue weighted by Gasteiger charge is 2.52. The normalized spacial score (nSPS) is 18.7. The molecule has 8 atom stereocenters. The third-order valence-electron chi connectivity index (χ3n) is 19.1. The quantitative estimate of drug-likeness (QED) is 0.0346. The monoisotopic (exact) mass is 1240 g/mol.